The van der Waals surface area contributed by atoms with Crippen molar-refractivity contribution >= 4 is 17.5 Å². The maximum atomic E-state index is 12.9. The molecule has 1 aromatic rings. The molecule has 0 radical (unpaired) electrons. The van der Waals surface area contributed by atoms with E-state index >= 15 is 0 Å². The van der Waals surface area contributed by atoms with Crippen molar-refractivity contribution < 1.29 is 19.0 Å². The van der Waals surface area contributed by atoms with Gasteiger partial charge in [-0.2, -0.15) is 0 Å². The van der Waals surface area contributed by atoms with Gasteiger partial charge in [0.2, 0.25) is 0 Å². The fourth-order valence-electron chi connectivity index (χ4n) is 1.14. The molecule has 0 saturated carbocycles. The molecule has 0 aliphatic heterocycles. The third-order valence-corrected chi connectivity index (χ3v) is 2.21. The Bertz CT molecular complexity index is 403. The van der Waals surface area contributed by atoms with Gasteiger partial charge in [0.05, 0.1) is 24.5 Å². The van der Waals surface area contributed by atoms with Gasteiger partial charge in [0.1, 0.15) is 11.0 Å². The first-order valence-corrected chi connectivity index (χ1v) is 5.18. The third kappa shape index (κ3) is 4.26. The molecule has 17 heavy (non-hydrogen) atoms. The Morgan fingerprint density at radius 3 is 3.12 bits per heavy atom. The number of nitrogens with zero attached hydrogens (tertiary/aromatic N) is 1. The highest BCUT2D eigenvalue weighted by atomic mass is 35.5. The van der Waals surface area contributed by atoms with E-state index in [1.165, 1.54) is 7.11 Å². The smallest absolute Gasteiger partial charge is 0.254 e. The fraction of sp³-hybridized carbons (Fsp3) is 0.400. The number of carbonyl (C=O) groups is 1. The molecule has 0 aliphatic carbocycles. The lowest BCUT2D eigenvalue weighted by atomic mass is 10.2. The normalized spacial score (nSPS) is 12.2. The molecule has 1 heterocycles. The molecule has 1 unspecified atom stereocenters. The number of carbonyl (C=O) groups excluding carboxylic acids is 1. The summed E-state index contributed by atoms with van der Waals surface area (Å²) >= 11 is 5.64. The molecule has 94 valence electrons. The van der Waals surface area contributed by atoms with Crippen LogP contribution < -0.4 is 5.32 Å². The van der Waals surface area contributed by atoms with Gasteiger partial charge in [0.15, 0.2) is 0 Å². The fourth-order valence-corrected chi connectivity index (χ4v) is 1.33. The second-order valence-electron chi connectivity index (χ2n) is 3.31. The molecule has 5 nitrogen and oxygen atoms in total. The summed E-state index contributed by atoms with van der Waals surface area (Å²) in [4.78, 5) is 15.1. The number of hydrogen-bond donors (Lipinski definition) is 2. The maximum absolute atomic E-state index is 12.9. The SMILES string of the molecule is COCC(O)CNC(=O)c1cc(F)cnc1Cl. The van der Waals surface area contributed by atoms with Crippen molar-refractivity contribution in [1.29, 1.82) is 0 Å². The van der Waals surface area contributed by atoms with E-state index in [4.69, 9.17) is 11.6 Å². The number of methoxy groups -OCH3 is 1. The zero-order chi connectivity index (χ0) is 12.8. The number of aliphatic hydroxyl groups excluding tert-OH is 1. The van der Waals surface area contributed by atoms with Gasteiger partial charge >= 0.3 is 0 Å². The van der Waals surface area contributed by atoms with Crippen LogP contribution in [-0.2, 0) is 4.74 Å². The highest BCUT2D eigenvalue weighted by molar-refractivity contribution is 6.32. The summed E-state index contributed by atoms with van der Waals surface area (Å²) in [6.45, 7) is 0.0783. The second kappa shape index (κ2) is 6.48. The van der Waals surface area contributed by atoms with Crippen LogP contribution in [0.5, 0.6) is 0 Å². The van der Waals surface area contributed by atoms with E-state index in [-0.39, 0.29) is 23.9 Å². The highest BCUT2D eigenvalue weighted by Gasteiger charge is 2.13. The largest absolute Gasteiger partial charge is 0.389 e. The molecule has 1 aromatic heterocycles. The number of hydrogen-bond acceptors (Lipinski definition) is 4. The highest BCUT2D eigenvalue weighted by Crippen LogP contribution is 2.13. The van der Waals surface area contributed by atoms with Crippen molar-refractivity contribution in [3.8, 4) is 0 Å². The standard InChI is InChI=1S/C10H12ClFN2O3/c1-17-5-7(15)4-14-10(16)8-2-6(12)3-13-9(8)11/h2-3,7,15H,4-5H2,1H3,(H,14,16). The number of ether oxygens (including phenoxy) is 1. The number of pyridine rings is 1. The van der Waals surface area contributed by atoms with Gasteiger partial charge in [0, 0.05) is 13.7 Å². The van der Waals surface area contributed by atoms with Gasteiger partial charge in [-0.3, -0.25) is 4.79 Å². The van der Waals surface area contributed by atoms with Gasteiger partial charge in [-0.05, 0) is 6.07 Å². The number of nitrogens with one attached hydrogen (secondary N) is 1. The van der Waals surface area contributed by atoms with Crippen LogP contribution in [0.3, 0.4) is 0 Å². The molecule has 0 saturated heterocycles. The average molecular weight is 263 g/mol. The molecule has 1 rings (SSSR count). The third-order valence-electron chi connectivity index (χ3n) is 1.91. The van der Waals surface area contributed by atoms with E-state index < -0.39 is 17.8 Å². The Kier molecular flexibility index (Phi) is 5.27. The van der Waals surface area contributed by atoms with Crippen LogP contribution in [0.15, 0.2) is 12.3 Å². The van der Waals surface area contributed by atoms with E-state index in [1.807, 2.05) is 0 Å². The van der Waals surface area contributed by atoms with Crippen LogP contribution in [0.4, 0.5) is 4.39 Å². The Morgan fingerprint density at radius 1 is 1.76 bits per heavy atom. The maximum Gasteiger partial charge on any atom is 0.254 e. The van der Waals surface area contributed by atoms with Gasteiger partial charge in [-0.15, -0.1) is 0 Å². The molecule has 0 aliphatic rings. The van der Waals surface area contributed by atoms with E-state index in [1.54, 1.807) is 0 Å². The molecule has 0 bridgehead atoms. The second-order valence-corrected chi connectivity index (χ2v) is 3.67. The van der Waals surface area contributed by atoms with Crippen molar-refractivity contribution in [2.45, 2.75) is 6.10 Å². The summed E-state index contributed by atoms with van der Waals surface area (Å²) in [7, 11) is 1.43. The molecule has 1 atom stereocenters. The summed E-state index contributed by atoms with van der Waals surface area (Å²) in [6, 6.07) is 0.980. The van der Waals surface area contributed by atoms with Gasteiger partial charge in [-0.1, -0.05) is 11.6 Å². The monoisotopic (exact) mass is 262 g/mol. The summed E-state index contributed by atoms with van der Waals surface area (Å²) < 4.78 is 17.5. The van der Waals surface area contributed by atoms with E-state index in [0.717, 1.165) is 12.3 Å². The average Bonchev–Trinajstić information content (AvgIpc) is 2.29. The Morgan fingerprint density at radius 2 is 2.47 bits per heavy atom. The lowest BCUT2D eigenvalue weighted by Crippen LogP contribution is -2.34. The molecule has 0 fully saturated rings. The number of amides is 1. The predicted octanol–water partition coefficient (Wildman–Crippen LogP) is 0.611. The number of rotatable bonds is 5. The molecular weight excluding hydrogens is 251 g/mol. The van der Waals surface area contributed by atoms with Crippen LogP contribution in [0.1, 0.15) is 10.4 Å². The number of aliphatic hydroxyl groups is 1. The van der Waals surface area contributed by atoms with Crippen molar-refractivity contribution in [3.63, 3.8) is 0 Å². The lowest BCUT2D eigenvalue weighted by Gasteiger charge is -2.11. The Balaban J connectivity index is 2.61. The minimum atomic E-state index is -0.829. The van der Waals surface area contributed by atoms with Crippen molar-refractivity contribution in [3.05, 3.63) is 28.8 Å². The van der Waals surface area contributed by atoms with Crippen LogP contribution in [0.2, 0.25) is 5.15 Å². The zero-order valence-electron chi connectivity index (χ0n) is 9.11. The zero-order valence-corrected chi connectivity index (χ0v) is 9.87. The molecule has 1 amide bonds. The van der Waals surface area contributed by atoms with Crippen LogP contribution >= 0.6 is 11.6 Å². The van der Waals surface area contributed by atoms with E-state index in [9.17, 15) is 14.3 Å². The Hall–Kier alpha value is -1.24. The van der Waals surface area contributed by atoms with Crippen LogP contribution in [0, 0.1) is 5.82 Å². The molecule has 0 spiro atoms. The minimum Gasteiger partial charge on any atom is -0.389 e. The molecular formula is C10H12ClFN2O3. The molecule has 7 heteroatoms. The lowest BCUT2D eigenvalue weighted by molar-refractivity contribution is 0.0609. The van der Waals surface area contributed by atoms with Gasteiger partial charge in [-0.25, -0.2) is 9.37 Å². The topological polar surface area (TPSA) is 71.5 Å². The quantitative estimate of drug-likeness (QED) is 0.763. The first-order valence-electron chi connectivity index (χ1n) is 4.81. The van der Waals surface area contributed by atoms with Crippen molar-refractivity contribution in [1.82, 2.24) is 10.3 Å². The summed E-state index contributed by atoms with van der Waals surface area (Å²) in [5.74, 6) is -1.26. The first-order chi connectivity index (χ1) is 8.04. The summed E-state index contributed by atoms with van der Waals surface area (Å²) in [6.07, 6.45) is 0.0862. The molecule has 0 aromatic carbocycles. The van der Waals surface area contributed by atoms with Crippen molar-refractivity contribution in [2.24, 2.45) is 0 Å². The van der Waals surface area contributed by atoms with E-state index in [2.05, 4.69) is 15.0 Å². The van der Waals surface area contributed by atoms with E-state index in [0.29, 0.717) is 0 Å². The number of aromatic nitrogens is 1. The van der Waals surface area contributed by atoms with Crippen molar-refractivity contribution in [2.75, 3.05) is 20.3 Å². The first kappa shape index (κ1) is 13.8. The predicted molar refractivity (Wildman–Crippen MR) is 59.4 cm³/mol. The van der Waals surface area contributed by atoms with Crippen LogP contribution in [-0.4, -0.2) is 42.4 Å². The number of halogens is 2. The molecule has 2 N–H and O–H groups in total. The summed E-state index contributed by atoms with van der Waals surface area (Å²) in [5.41, 5.74) is -0.0729. The van der Waals surface area contributed by atoms with Gasteiger partial charge < -0.3 is 15.2 Å². The minimum absolute atomic E-state index is 0.0144. The summed E-state index contributed by atoms with van der Waals surface area (Å²) in [5, 5.41) is 11.6. The van der Waals surface area contributed by atoms with Gasteiger partial charge in [0.25, 0.3) is 5.91 Å². The van der Waals surface area contributed by atoms with Crippen LogP contribution in [0.25, 0.3) is 0 Å². The Labute approximate surface area is 103 Å².